The molecule has 0 aliphatic carbocycles. The second kappa shape index (κ2) is 19.7. The number of benzene rings is 15. The van der Waals surface area contributed by atoms with Crippen LogP contribution in [0.2, 0.25) is 0 Å². The molecule has 0 amide bonds. The second-order valence-electron chi connectivity index (χ2n) is 22.8. The summed E-state index contributed by atoms with van der Waals surface area (Å²) in [6.45, 7) is 4.52. The standard InChI is InChI=1S/C82H54N2O2/c1-51-45-53(54-36-42-75(52(2)46-54)84(78-49-55-19-3-4-20-59(55)62-23-9-10-28-68(62)78)77-32-16-12-22-61(77)57-38-44-82-73(48-57)70-30-14-18-34-80(70)86-82)35-41-74(51)83(58-39-40-67-65-26-6-5-24-63(65)64-25-7-8-27-66(64)71(67)50-58)76-31-15-11-21-60(76)56-37-43-81-72(47-56)69-29-13-17-33-79(69)85-81/h3-50H,1-2H3. The third-order valence-electron chi connectivity index (χ3n) is 17.8. The normalized spacial score (nSPS) is 11.8. The lowest BCUT2D eigenvalue weighted by molar-refractivity contribution is 0.668. The summed E-state index contributed by atoms with van der Waals surface area (Å²) >= 11 is 0. The third kappa shape index (κ3) is 7.91. The van der Waals surface area contributed by atoms with Crippen LogP contribution in [0, 0.1) is 13.8 Å². The van der Waals surface area contributed by atoms with Crippen molar-refractivity contribution in [3.05, 3.63) is 302 Å². The van der Waals surface area contributed by atoms with E-state index in [0.717, 1.165) is 123 Å². The minimum atomic E-state index is 0.879. The predicted molar refractivity (Wildman–Crippen MR) is 364 cm³/mol. The fourth-order valence-corrected chi connectivity index (χ4v) is 13.8. The Morgan fingerprint density at radius 3 is 1.16 bits per heavy atom. The van der Waals surface area contributed by atoms with Crippen molar-refractivity contribution in [1.82, 2.24) is 0 Å². The molecule has 15 aromatic carbocycles. The first-order chi connectivity index (χ1) is 42.5. The van der Waals surface area contributed by atoms with Crippen LogP contribution in [0.25, 0.3) is 131 Å². The minimum Gasteiger partial charge on any atom is -0.456 e. The number of fused-ring (bicyclic) bond motifs is 15. The van der Waals surface area contributed by atoms with Crippen LogP contribution < -0.4 is 9.80 Å². The molecule has 0 saturated carbocycles. The zero-order valence-corrected chi connectivity index (χ0v) is 47.4. The van der Waals surface area contributed by atoms with Crippen molar-refractivity contribution < 1.29 is 8.83 Å². The third-order valence-corrected chi connectivity index (χ3v) is 17.8. The molecular weight excluding hydrogens is 1040 g/mol. The summed E-state index contributed by atoms with van der Waals surface area (Å²) < 4.78 is 12.7. The number of hydrogen-bond donors (Lipinski definition) is 0. The Morgan fingerprint density at radius 2 is 0.616 bits per heavy atom. The molecule has 0 atom stereocenters. The monoisotopic (exact) mass is 1100 g/mol. The van der Waals surface area contributed by atoms with Crippen LogP contribution in [0.4, 0.5) is 34.1 Å². The van der Waals surface area contributed by atoms with E-state index in [1.807, 2.05) is 24.3 Å². The van der Waals surface area contributed by atoms with E-state index in [2.05, 4.69) is 291 Å². The molecule has 0 unspecified atom stereocenters. The first kappa shape index (κ1) is 49.4. The Bertz CT molecular complexity index is 5570. The Morgan fingerprint density at radius 1 is 0.221 bits per heavy atom. The summed E-state index contributed by atoms with van der Waals surface area (Å²) in [6, 6.07) is 106. The summed E-state index contributed by atoms with van der Waals surface area (Å²) in [5.74, 6) is 0. The Labute approximate surface area is 497 Å². The molecule has 17 rings (SSSR count). The van der Waals surface area contributed by atoms with Crippen molar-refractivity contribution in [2.24, 2.45) is 0 Å². The Kier molecular flexibility index (Phi) is 11.3. The van der Waals surface area contributed by atoms with E-state index in [9.17, 15) is 0 Å². The van der Waals surface area contributed by atoms with Crippen molar-refractivity contribution in [3.63, 3.8) is 0 Å². The molecule has 4 heteroatoms. The zero-order valence-electron chi connectivity index (χ0n) is 47.4. The van der Waals surface area contributed by atoms with Crippen molar-refractivity contribution >= 4 is 132 Å². The first-order valence-electron chi connectivity index (χ1n) is 29.5. The number of hydrogen-bond acceptors (Lipinski definition) is 4. The predicted octanol–water partition coefficient (Wildman–Crippen LogP) is 23.8. The van der Waals surface area contributed by atoms with Gasteiger partial charge in [0.1, 0.15) is 22.3 Å². The number of para-hydroxylation sites is 4. The highest BCUT2D eigenvalue weighted by molar-refractivity contribution is 6.26. The average molecular weight is 1100 g/mol. The molecule has 0 bridgehead atoms. The van der Waals surface area contributed by atoms with Crippen LogP contribution >= 0.6 is 0 Å². The number of nitrogens with zero attached hydrogens (tertiary/aromatic N) is 2. The van der Waals surface area contributed by atoms with Gasteiger partial charge in [-0.2, -0.15) is 0 Å². The van der Waals surface area contributed by atoms with Crippen LogP contribution in [0.15, 0.2) is 300 Å². The fourth-order valence-electron chi connectivity index (χ4n) is 13.8. The van der Waals surface area contributed by atoms with E-state index in [1.165, 1.54) is 53.9 Å². The van der Waals surface area contributed by atoms with Gasteiger partial charge in [-0.25, -0.2) is 0 Å². The molecule has 0 spiro atoms. The summed E-state index contributed by atoms with van der Waals surface area (Å²) in [7, 11) is 0. The van der Waals surface area contributed by atoms with E-state index in [4.69, 9.17) is 8.83 Å². The number of aryl methyl sites for hydroxylation is 2. The van der Waals surface area contributed by atoms with E-state index in [0.29, 0.717) is 0 Å². The maximum Gasteiger partial charge on any atom is 0.135 e. The van der Waals surface area contributed by atoms with Crippen LogP contribution in [0.5, 0.6) is 0 Å². The van der Waals surface area contributed by atoms with Gasteiger partial charge in [0.15, 0.2) is 0 Å². The minimum absolute atomic E-state index is 0.879. The van der Waals surface area contributed by atoms with Gasteiger partial charge in [0.2, 0.25) is 0 Å². The summed E-state index contributed by atoms with van der Waals surface area (Å²) in [4.78, 5) is 4.97. The van der Waals surface area contributed by atoms with Crippen LogP contribution in [0.1, 0.15) is 11.1 Å². The van der Waals surface area contributed by atoms with Gasteiger partial charge in [0, 0.05) is 55.1 Å². The molecule has 0 fully saturated rings. The van der Waals surface area contributed by atoms with E-state index < -0.39 is 0 Å². The fraction of sp³-hybridized carbons (Fsp3) is 0.0244. The Balaban J connectivity index is 0.824. The molecule has 17 aromatic rings. The lowest BCUT2D eigenvalue weighted by Gasteiger charge is -2.31. The van der Waals surface area contributed by atoms with Crippen molar-refractivity contribution in [2.75, 3.05) is 9.80 Å². The van der Waals surface area contributed by atoms with Crippen LogP contribution in [-0.4, -0.2) is 0 Å². The van der Waals surface area contributed by atoms with Crippen molar-refractivity contribution in [2.45, 2.75) is 13.8 Å². The van der Waals surface area contributed by atoms with Crippen molar-refractivity contribution in [1.29, 1.82) is 0 Å². The van der Waals surface area contributed by atoms with E-state index in [1.54, 1.807) is 0 Å². The molecule has 86 heavy (non-hydrogen) atoms. The Hall–Kier alpha value is -11.2. The highest BCUT2D eigenvalue weighted by Crippen LogP contribution is 2.50. The summed E-state index contributed by atoms with van der Waals surface area (Å²) in [5, 5.41) is 16.7. The molecule has 0 aliphatic rings. The number of furan rings is 2. The maximum atomic E-state index is 6.35. The molecule has 4 nitrogen and oxygen atoms in total. The number of anilines is 6. The van der Waals surface area contributed by atoms with E-state index in [-0.39, 0.29) is 0 Å². The molecule has 2 heterocycles. The van der Waals surface area contributed by atoms with Gasteiger partial charge in [-0.05, 0) is 187 Å². The lowest BCUT2D eigenvalue weighted by Crippen LogP contribution is -2.13. The van der Waals surface area contributed by atoms with Gasteiger partial charge in [-0.15, -0.1) is 0 Å². The van der Waals surface area contributed by atoms with Gasteiger partial charge >= 0.3 is 0 Å². The largest absolute Gasteiger partial charge is 0.456 e. The maximum absolute atomic E-state index is 6.35. The number of rotatable bonds is 9. The van der Waals surface area contributed by atoms with Gasteiger partial charge in [0.25, 0.3) is 0 Å². The zero-order chi connectivity index (χ0) is 57.0. The topological polar surface area (TPSA) is 32.8 Å². The molecule has 0 saturated heterocycles. The highest BCUT2D eigenvalue weighted by Gasteiger charge is 2.25. The smallest absolute Gasteiger partial charge is 0.135 e. The van der Waals surface area contributed by atoms with Crippen molar-refractivity contribution in [3.8, 4) is 33.4 Å². The quantitative estimate of drug-likeness (QED) is 0.135. The molecular formula is C82H54N2O2. The lowest BCUT2D eigenvalue weighted by atomic mass is 9.93. The van der Waals surface area contributed by atoms with Gasteiger partial charge in [0.05, 0.1) is 17.1 Å². The summed E-state index contributed by atoms with van der Waals surface area (Å²) in [5.41, 5.74) is 19.2. The van der Waals surface area contributed by atoms with E-state index >= 15 is 0 Å². The highest BCUT2D eigenvalue weighted by atomic mass is 16.3. The SMILES string of the molecule is Cc1cc(-c2ccc(N(c3ccccc3-c3ccc4oc5ccccc5c4c3)c3cc4ccccc4c4ccccc34)c(C)c2)ccc1N(c1ccc2c3ccccc3c3ccccc3c2c1)c1ccccc1-c1ccc2oc3ccccc3c2c1. The van der Waals surface area contributed by atoms with Crippen LogP contribution in [0.3, 0.4) is 0 Å². The average Bonchev–Trinajstić information content (AvgIpc) is 1.57. The first-order valence-corrected chi connectivity index (χ1v) is 29.5. The van der Waals surface area contributed by atoms with Gasteiger partial charge < -0.3 is 18.6 Å². The summed E-state index contributed by atoms with van der Waals surface area (Å²) in [6.07, 6.45) is 0. The van der Waals surface area contributed by atoms with Crippen LogP contribution in [-0.2, 0) is 0 Å². The van der Waals surface area contributed by atoms with Gasteiger partial charge in [-0.1, -0.05) is 200 Å². The molecule has 404 valence electrons. The molecule has 0 aliphatic heterocycles. The molecule has 0 radical (unpaired) electrons. The molecule has 2 aromatic heterocycles. The molecule has 0 N–H and O–H groups in total. The van der Waals surface area contributed by atoms with Gasteiger partial charge in [-0.3, -0.25) is 0 Å². The second-order valence-corrected chi connectivity index (χ2v) is 22.8.